The highest BCUT2D eigenvalue weighted by Gasteiger charge is 2.31. The topological polar surface area (TPSA) is 79.0 Å². The van der Waals surface area contributed by atoms with E-state index in [0.717, 1.165) is 25.2 Å². The molecule has 0 spiro atoms. The van der Waals surface area contributed by atoms with Gasteiger partial charge in [0.25, 0.3) is 15.9 Å². The summed E-state index contributed by atoms with van der Waals surface area (Å²) in [6.45, 7) is 3.78. The molecule has 1 atom stereocenters. The Morgan fingerprint density at radius 3 is 2.63 bits per heavy atom. The van der Waals surface area contributed by atoms with E-state index >= 15 is 0 Å². The molecule has 3 aromatic rings. The summed E-state index contributed by atoms with van der Waals surface area (Å²) in [6.07, 6.45) is 0.558. The number of nitrogens with one attached hydrogen (secondary N) is 1. The zero-order valence-corrected chi connectivity index (χ0v) is 20.3. The van der Waals surface area contributed by atoms with E-state index in [0.29, 0.717) is 37.4 Å². The highest BCUT2D eigenvalue weighted by molar-refractivity contribution is 7.92. The highest BCUT2D eigenvalue weighted by Crippen LogP contribution is 2.32. The van der Waals surface area contributed by atoms with Crippen LogP contribution in [0, 0.1) is 0 Å². The molecule has 3 aromatic carbocycles. The fraction of sp³-hybridized carbons (Fsp3) is 0.296. The van der Waals surface area contributed by atoms with Gasteiger partial charge >= 0.3 is 0 Å². The summed E-state index contributed by atoms with van der Waals surface area (Å²) in [5.41, 5.74) is 3.28. The number of fused-ring (bicyclic) bond motifs is 1. The van der Waals surface area contributed by atoms with Gasteiger partial charge in [-0.3, -0.25) is 14.0 Å². The number of nitrogens with zero attached hydrogens (tertiary/aromatic N) is 2. The van der Waals surface area contributed by atoms with E-state index in [-0.39, 0.29) is 16.9 Å². The minimum atomic E-state index is -3.76. The van der Waals surface area contributed by atoms with Crippen molar-refractivity contribution < 1.29 is 17.9 Å². The largest absolute Gasteiger partial charge is 0.374 e. The monoisotopic (exact) mass is 491 g/mol. The second kappa shape index (κ2) is 10.2. The molecule has 5 rings (SSSR count). The van der Waals surface area contributed by atoms with Crippen LogP contribution in [0.3, 0.4) is 0 Å². The molecule has 1 amide bonds. The third-order valence-corrected chi connectivity index (χ3v) is 8.30. The van der Waals surface area contributed by atoms with Crippen molar-refractivity contribution in [3.05, 3.63) is 95.6 Å². The predicted octanol–water partition coefficient (Wildman–Crippen LogP) is 3.07. The Labute approximate surface area is 206 Å². The summed E-state index contributed by atoms with van der Waals surface area (Å²) in [5, 5.41) is 2.92. The van der Waals surface area contributed by atoms with Crippen LogP contribution in [-0.2, 0) is 27.7 Å². The van der Waals surface area contributed by atoms with Crippen molar-refractivity contribution in [2.75, 3.05) is 37.1 Å². The van der Waals surface area contributed by atoms with E-state index in [2.05, 4.69) is 22.3 Å². The van der Waals surface area contributed by atoms with Crippen molar-refractivity contribution in [1.82, 2.24) is 10.2 Å². The number of carbonyl (C=O) groups excluding carboxylic acids is 1. The number of para-hydroxylation sites is 1. The van der Waals surface area contributed by atoms with Gasteiger partial charge in [0.1, 0.15) is 0 Å². The van der Waals surface area contributed by atoms with Crippen molar-refractivity contribution in [2.45, 2.75) is 24.0 Å². The van der Waals surface area contributed by atoms with E-state index in [1.165, 1.54) is 15.9 Å². The summed E-state index contributed by atoms with van der Waals surface area (Å²) in [6, 6.07) is 24.0. The average Bonchev–Trinajstić information content (AvgIpc) is 3.33. The molecule has 182 valence electrons. The van der Waals surface area contributed by atoms with E-state index in [9.17, 15) is 13.2 Å². The SMILES string of the molecule is O=C(NCC1CN(Cc2ccccc2)CCO1)c1cccc(S(=O)(=O)N2CCc3ccccc32)c1. The van der Waals surface area contributed by atoms with Crippen LogP contribution in [0.4, 0.5) is 5.69 Å². The van der Waals surface area contributed by atoms with Gasteiger partial charge in [-0.15, -0.1) is 0 Å². The number of hydrogen-bond donors (Lipinski definition) is 1. The van der Waals surface area contributed by atoms with Gasteiger partial charge in [-0.05, 0) is 41.8 Å². The third kappa shape index (κ3) is 5.24. The summed E-state index contributed by atoms with van der Waals surface area (Å²) in [7, 11) is -3.76. The standard InChI is InChI=1S/C27H29N3O4S/c31-27(28-18-24-20-29(15-16-34-24)19-21-7-2-1-3-8-21)23-10-6-11-25(17-23)35(32,33)30-14-13-22-9-4-5-12-26(22)30/h1-12,17,24H,13-16,18-20H2,(H,28,31). The van der Waals surface area contributed by atoms with Gasteiger partial charge in [0.05, 0.1) is 23.3 Å². The maximum atomic E-state index is 13.3. The van der Waals surface area contributed by atoms with E-state index in [1.807, 2.05) is 42.5 Å². The molecule has 2 aliphatic rings. The molecule has 1 saturated heterocycles. The number of amides is 1. The second-order valence-corrected chi connectivity index (χ2v) is 10.8. The first-order valence-electron chi connectivity index (χ1n) is 11.9. The minimum Gasteiger partial charge on any atom is -0.374 e. The average molecular weight is 492 g/mol. The third-order valence-electron chi connectivity index (χ3n) is 6.49. The molecule has 35 heavy (non-hydrogen) atoms. The van der Waals surface area contributed by atoms with Crippen molar-refractivity contribution in [1.29, 1.82) is 0 Å². The molecule has 1 N–H and O–H groups in total. The van der Waals surface area contributed by atoms with Crippen LogP contribution in [-0.4, -0.2) is 58.1 Å². The first-order chi connectivity index (χ1) is 17.0. The molecule has 2 heterocycles. The first-order valence-corrected chi connectivity index (χ1v) is 13.3. The van der Waals surface area contributed by atoms with Crippen LogP contribution in [0.1, 0.15) is 21.5 Å². The van der Waals surface area contributed by atoms with Gasteiger partial charge in [0.15, 0.2) is 0 Å². The molecule has 0 bridgehead atoms. The van der Waals surface area contributed by atoms with Crippen LogP contribution < -0.4 is 9.62 Å². The molecule has 0 aromatic heterocycles. The quantitative estimate of drug-likeness (QED) is 0.550. The Kier molecular flexibility index (Phi) is 6.86. The number of ether oxygens (including phenoxy) is 1. The van der Waals surface area contributed by atoms with Crippen molar-refractivity contribution in [3.63, 3.8) is 0 Å². The number of benzene rings is 3. The lowest BCUT2D eigenvalue weighted by Crippen LogP contribution is -2.47. The molecule has 0 saturated carbocycles. The molecule has 1 unspecified atom stereocenters. The van der Waals surface area contributed by atoms with Crippen molar-refractivity contribution >= 4 is 21.6 Å². The lowest BCUT2D eigenvalue weighted by atomic mass is 10.2. The molecule has 1 fully saturated rings. The van der Waals surface area contributed by atoms with E-state index < -0.39 is 10.0 Å². The van der Waals surface area contributed by atoms with Crippen LogP contribution in [0.2, 0.25) is 0 Å². The van der Waals surface area contributed by atoms with Crippen LogP contribution in [0.25, 0.3) is 0 Å². The summed E-state index contributed by atoms with van der Waals surface area (Å²) in [4.78, 5) is 15.3. The number of sulfonamides is 1. The molecule has 2 aliphatic heterocycles. The molecule has 7 nitrogen and oxygen atoms in total. The Hall–Kier alpha value is -3.20. The number of carbonyl (C=O) groups is 1. The normalized spacial score (nSPS) is 18.3. The summed E-state index contributed by atoms with van der Waals surface area (Å²) < 4.78 is 33.9. The molecule has 0 radical (unpaired) electrons. The summed E-state index contributed by atoms with van der Waals surface area (Å²) >= 11 is 0. The fourth-order valence-corrected chi connectivity index (χ4v) is 6.23. The maximum Gasteiger partial charge on any atom is 0.264 e. The lowest BCUT2D eigenvalue weighted by molar-refractivity contribution is -0.0292. The van der Waals surface area contributed by atoms with Crippen LogP contribution in [0.5, 0.6) is 0 Å². The molecular formula is C27H29N3O4S. The number of hydrogen-bond acceptors (Lipinski definition) is 5. The van der Waals surface area contributed by atoms with Gasteiger partial charge in [-0.2, -0.15) is 0 Å². The Bertz CT molecular complexity index is 1300. The fourth-order valence-electron chi connectivity index (χ4n) is 4.68. The van der Waals surface area contributed by atoms with Gasteiger partial charge in [0, 0.05) is 38.3 Å². The van der Waals surface area contributed by atoms with Gasteiger partial charge < -0.3 is 10.1 Å². The zero-order valence-electron chi connectivity index (χ0n) is 19.5. The van der Waals surface area contributed by atoms with Crippen LogP contribution in [0.15, 0.2) is 83.8 Å². The smallest absolute Gasteiger partial charge is 0.264 e. The minimum absolute atomic E-state index is 0.116. The van der Waals surface area contributed by atoms with Crippen molar-refractivity contribution in [3.8, 4) is 0 Å². The summed E-state index contributed by atoms with van der Waals surface area (Å²) in [5.74, 6) is -0.312. The molecular weight excluding hydrogens is 462 g/mol. The lowest BCUT2D eigenvalue weighted by Gasteiger charge is -2.33. The Morgan fingerprint density at radius 1 is 0.971 bits per heavy atom. The Morgan fingerprint density at radius 2 is 1.77 bits per heavy atom. The second-order valence-electron chi connectivity index (χ2n) is 8.91. The number of rotatable bonds is 7. The van der Waals surface area contributed by atoms with E-state index in [4.69, 9.17) is 4.74 Å². The predicted molar refractivity (Wildman–Crippen MR) is 135 cm³/mol. The van der Waals surface area contributed by atoms with Crippen LogP contribution >= 0.6 is 0 Å². The van der Waals surface area contributed by atoms with Gasteiger partial charge in [0.2, 0.25) is 0 Å². The van der Waals surface area contributed by atoms with Crippen molar-refractivity contribution in [2.24, 2.45) is 0 Å². The van der Waals surface area contributed by atoms with Gasteiger partial charge in [-0.25, -0.2) is 8.42 Å². The number of anilines is 1. The Balaban J connectivity index is 1.22. The number of morpholine rings is 1. The first kappa shape index (κ1) is 23.5. The van der Waals surface area contributed by atoms with Gasteiger partial charge in [-0.1, -0.05) is 54.6 Å². The molecule has 0 aliphatic carbocycles. The van der Waals surface area contributed by atoms with E-state index in [1.54, 1.807) is 18.2 Å². The maximum absolute atomic E-state index is 13.3. The zero-order chi connectivity index (χ0) is 24.3. The molecule has 8 heteroatoms. The highest BCUT2D eigenvalue weighted by atomic mass is 32.2.